The smallest absolute Gasteiger partial charge is 0.256 e. The molecule has 3 aromatic carbocycles. The van der Waals surface area contributed by atoms with E-state index in [-0.39, 0.29) is 18.3 Å². The van der Waals surface area contributed by atoms with Crippen LogP contribution in [-0.4, -0.2) is 42.5 Å². The second-order valence-electron chi connectivity index (χ2n) is 8.65. The Kier molecular flexibility index (Phi) is 10.2. The Bertz CT molecular complexity index is 1180. The highest BCUT2D eigenvalue weighted by atomic mass is 35.5. The number of hydrogen-bond acceptors (Lipinski definition) is 5. The maximum atomic E-state index is 13.0. The number of benzene rings is 3. The third kappa shape index (κ3) is 8.15. The van der Waals surface area contributed by atoms with Crippen molar-refractivity contribution in [3.8, 4) is 0 Å². The molecule has 8 nitrogen and oxygen atoms in total. The van der Waals surface area contributed by atoms with E-state index in [0.29, 0.717) is 31.6 Å². The molecule has 1 heterocycles. The van der Waals surface area contributed by atoms with E-state index in [1.54, 1.807) is 12.1 Å². The molecule has 0 unspecified atom stereocenters. The van der Waals surface area contributed by atoms with Gasteiger partial charge in [0.05, 0.1) is 0 Å². The number of rotatable bonds is 11. The Morgan fingerprint density at radius 3 is 2.00 bits per heavy atom. The molecule has 5 N–H and O–H groups in total. The topological polar surface area (TPSA) is 126 Å². The van der Waals surface area contributed by atoms with E-state index in [1.807, 2.05) is 72.8 Å². The van der Waals surface area contributed by atoms with Gasteiger partial charge in [-0.3, -0.25) is 14.4 Å². The van der Waals surface area contributed by atoms with E-state index in [1.165, 1.54) is 0 Å². The minimum atomic E-state index is -0.941. The largest absolute Gasteiger partial charge is 0.354 e. The highest BCUT2D eigenvalue weighted by Gasteiger charge is 2.51. The maximum Gasteiger partial charge on any atom is 0.256 e. The van der Waals surface area contributed by atoms with Crippen LogP contribution in [0.15, 0.2) is 84.9 Å². The Hall–Kier alpha value is -3.72. The Morgan fingerprint density at radius 1 is 0.784 bits per heavy atom. The highest BCUT2D eigenvalue weighted by molar-refractivity contribution is 6.02. The number of carbonyl (C=O) groups excluding carboxylic acids is 3. The molecular formula is C28H31ClN4O4. The predicted molar refractivity (Wildman–Crippen MR) is 144 cm³/mol. The Labute approximate surface area is 222 Å². The van der Waals surface area contributed by atoms with E-state index >= 15 is 0 Å². The van der Waals surface area contributed by atoms with Crippen molar-refractivity contribution in [2.75, 3.05) is 11.9 Å². The summed E-state index contributed by atoms with van der Waals surface area (Å²) in [7, 11) is 0. The lowest BCUT2D eigenvalue weighted by Crippen LogP contribution is -2.50. The van der Waals surface area contributed by atoms with Gasteiger partial charge in [0.25, 0.3) is 11.8 Å². The van der Waals surface area contributed by atoms with Crippen LogP contribution >= 0.6 is 12.4 Å². The van der Waals surface area contributed by atoms with Crippen molar-refractivity contribution in [1.82, 2.24) is 10.6 Å². The summed E-state index contributed by atoms with van der Waals surface area (Å²) in [5.41, 5.74) is 9.15. The lowest BCUT2D eigenvalue weighted by molar-refractivity contribution is -0.129. The average Bonchev–Trinajstić information content (AvgIpc) is 3.71. The Morgan fingerprint density at radius 2 is 1.38 bits per heavy atom. The van der Waals surface area contributed by atoms with Gasteiger partial charge in [-0.15, -0.1) is 12.4 Å². The number of epoxide rings is 1. The molecule has 3 aromatic rings. The van der Waals surface area contributed by atoms with Gasteiger partial charge < -0.3 is 26.4 Å². The van der Waals surface area contributed by atoms with Crippen LogP contribution in [-0.2, 0) is 38.5 Å². The molecule has 1 fully saturated rings. The van der Waals surface area contributed by atoms with Crippen molar-refractivity contribution >= 4 is 35.8 Å². The summed E-state index contributed by atoms with van der Waals surface area (Å²) in [6.07, 6.45) is -0.846. The van der Waals surface area contributed by atoms with Crippen LogP contribution in [0.1, 0.15) is 16.7 Å². The van der Waals surface area contributed by atoms with Crippen LogP contribution in [0, 0.1) is 0 Å². The van der Waals surface area contributed by atoms with Crippen LogP contribution in [0.5, 0.6) is 0 Å². The average molecular weight is 523 g/mol. The molecule has 0 spiro atoms. The van der Waals surface area contributed by atoms with Gasteiger partial charge in [0.2, 0.25) is 5.91 Å². The predicted octanol–water partition coefficient (Wildman–Crippen LogP) is 2.36. The second-order valence-corrected chi connectivity index (χ2v) is 8.65. The standard InChI is InChI=1S/C28H30N4O4.ClH/c29-18-21-11-13-22(14-12-21)31-27(34)24-25(36-24)28(35)32-23(17-20-9-5-2-6-10-20)26(33)30-16-15-19-7-3-1-4-8-19;/h1-14,23-25H,15-18,29H2,(H,30,33)(H,31,34)(H,32,35);1H/t23-,24-,25-;/m0./s1. The third-order valence-electron chi connectivity index (χ3n) is 5.94. The van der Waals surface area contributed by atoms with Gasteiger partial charge in [0.15, 0.2) is 12.2 Å². The van der Waals surface area contributed by atoms with Crippen LogP contribution in [0.3, 0.4) is 0 Å². The summed E-state index contributed by atoms with van der Waals surface area (Å²) in [4.78, 5) is 38.3. The third-order valence-corrected chi connectivity index (χ3v) is 5.94. The lowest BCUT2D eigenvalue weighted by Gasteiger charge is -2.18. The van der Waals surface area contributed by atoms with Gasteiger partial charge >= 0.3 is 0 Å². The number of nitrogens with two attached hydrogens (primary N) is 1. The molecule has 3 amide bonds. The van der Waals surface area contributed by atoms with E-state index in [2.05, 4.69) is 16.0 Å². The van der Waals surface area contributed by atoms with Crippen molar-refractivity contribution in [1.29, 1.82) is 0 Å². The first-order valence-electron chi connectivity index (χ1n) is 11.9. The molecule has 0 radical (unpaired) electrons. The molecule has 4 rings (SSSR count). The molecule has 0 aromatic heterocycles. The molecule has 1 aliphatic heterocycles. The monoisotopic (exact) mass is 522 g/mol. The fraction of sp³-hybridized carbons (Fsp3) is 0.250. The zero-order valence-corrected chi connectivity index (χ0v) is 21.1. The summed E-state index contributed by atoms with van der Waals surface area (Å²) in [5, 5.41) is 8.41. The van der Waals surface area contributed by atoms with Crippen LogP contribution < -0.4 is 21.7 Å². The van der Waals surface area contributed by atoms with Gasteiger partial charge in [-0.1, -0.05) is 72.8 Å². The van der Waals surface area contributed by atoms with Crippen LogP contribution in [0.25, 0.3) is 0 Å². The number of amides is 3. The maximum absolute atomic E-state index is 13.0. The molecule has 0 aliphatic carbocycles. The van der Waals surface area contributed by atoms with E-state index in [9.17, 15) is 14.4 Å². The Balaban J connectivity index is 0.00000380. The van der Waals surface area contributed by atoms with E-state index in [0.717, 1.165) is 16.7 Å². The second kappa shape index (κ2) is 13.5. The van der Waals surface area contributed by atoms with Crippen molar-refractivity contribution in [3.05, 3.63) is 102 Å². The normalized spacial score (nSPS) is 16.6. The molecule has 1 aliphatic rings. The summed E-state index contributed by atoms with van der Waals surface area (Å²) >= 11 is 0. The molecule has 0 bridgehead atoms. The lowest BCUT2D eigenvalue weighted by atomic mass is 10.0. The minimum absolute atomic E-state index is 0. The number of anilines is 1. The minimum Gasteiger partial charge on any atom is -0.354 e. The molecule has 1 saturated heterocycles. The first-order chi connectivity index (χ1) is 17.5. The molecule has 0 saturated carbocycles. The molecule has 194 valence electrons. The van der Waals surface area contributed by atoms with Gasteiger partial charge in [-0.05, 0) is 35.2 Å². The quantitative estimate of drug-likeness (QED) is 0.288. The van der Waals surface area contributed by atoms with Crippen LogP contribution in [0.2, 0.25) is 0 Å². The van der Waals surface area contributed by atoms with E-state index < -0.39 is 30.1 Å². The van der Waals surface area contributed by atoms with Crippen molar-refractivity contribution in [2.45, 2.75) is 37.6 Å². The SMILES string of the molecule is Cl.NCc1ccc(NC(=O)[C@H]2O[C@@H]2C(=O)N[C@@H](Cc2ccccc2)C(=O)NCCc2ccccc2)cc1. The number of carbonyl (C=O) groups is 3. The van der Waals surface area contributed by atoms with Crippen molar-refractivity contribution < 1.29 is 19.1 Å². The van der Waals surface area contributed by atoms with Crippen LogP contribution in [0.4, 0.5) is 5.69 Å². The summed E-state index contributed by atoms with van der Waals surface area (Å²) in [5.74, 6) is -1.19. The molecule has 9 heteroatoms. The van der Waals surface area contributed by atoms with Gasteiger partial charge in [-0.25, -0.2) is 0 Å². The zero-order valence-electron chi connectivity index (χ0n) is 20.3. The molecular weight excluding hydrogens is 492 g/mol. The molecule has 37 heavy (non-hydrogen) atoms. The van der Waals surface area contributed by atoms with Crippen molar-refractivity contribution in [3.63, 3.8) is 0 Å². The first-order valence-corrected chi connectivity index (χ1v) is 11.9. The number of nitrogens with one attached hydrogen (secondary N) is 3. The van der Waals surface area contributed by atoms with Gasteiger partial charge in [0, 0.05) is 25.2 Å². The summed E-state index contributed by atoms with van der Waals surface area (Å²) in [6.45, 7) is 0.851. The summed E-state index contributed by atoms with van der Waals surface area (Å²) in [6, 6.07) is 25.6. The zero-order chi connectivity index (χ0) is 25.3. The number of halogens is 1. The van der Waals surface area contributed by atoms with Gasteiger partial charge in [-0.2, -0.15) is 0 Å². The first kappa shape index (κ1) is 27.9. The van der Waals surface area contributed by atoms with Gasteiger partial charge in [0.1, 0.15) is 6.04 Å². The fourth-order valence-electron chi connectivity index (χ4n) is 3.86. The number of ether oxygens (including phenoxy) is 1. The molecule has 3 atom stereocenters. The van der Waals surface area contributed by atoms with E-state index in [4.69, 9.17) is 10.5 Å². The fourth-order valence-corrected chi connectivity index (χ4v) is 3.86. The number of hydrogen-bond donors (Lipinski definition) is 4. The highest BCUT2D eigenvalue weighted by Crippen LogP contribution is 2.24. The summed E-state index contributed by atoms with van der Waals surface area (Å²) < 4.78 is 5.35. The van der Waals surface area contributed by atoms with Crippen molar-refractivity contribution in [2.24, 2.45) is 5.73 Å².